The van der Waals surface area contributed by atoms with E-state index in [0.29, 0.717) is 15.6 Å². The number of nitrogens with two attached hydrogens (primary N) is 1. The fraction of sp³-hybridized carbons (Fsp3) is 0.406. The third-order valence-corrected chi connectivity index (χ3v) is 9.91. The number of ether oxygens (including phenoxy) is 1. The number of allylic oxidation sites excluding steroid dienone is 1. The molecular formula is C32H38ClN7O2S. The van der Waals surface area contributed by atoms with E-state index in [-0.39, 0.29) is 12.0 Å². The predicted octanol–water partition coefficient (Wildman–Crippen LogP) is 5.40. The van der Waals surface area contributed by atoms with E-state index in [2.05, 4.69) is 44.9 Å². The maximum absolute atomic E-state index is 12.3. The van der Waals surface area contributed by atoms with Gasteiger partial charge in [0, 0.05) is 67.9 Å². The fourth-order valence-corrected chi connectivity index (χ4v) is 7.11. The number of aromatic nitrogens is 4. The highest BCUT2D eigenvalue weighted by molar-refractivity contribution is 7.16. The van der Waals surface area contributed by atoms with E-state index in [1.165, 1.54) is 30.0 Å². The van der Waals surface area contributed by atoms with Crippen molar-refractivity contribution in [3.05, 3.63) is 87.5 Å². The van der Waals surface area contributed by atoms with Gasteiger partial charge in [-0.1, -0.05) is 42.8 Å². The number of hydrogen-bond acceptors (Lipinski definition) is 7. The first kappa shape index (κ1) is 29.6. The average Bonchev–Trinajstić information content (AvgIpc) is 3.76. The molecule has 6 rings (SSSR count). The molecule has 43 heavy (non-hydrogen) atoms. The highest BCUT2D eigenvalue weighted by Gasteiger charge is 2.25. The van der Waals surface area contributed by atoms with Crippen LogP contribution in [0.25, 0.3) is 11.1 Å². The Balaban J connectivity index is 1.11. The number of carbonyl (C=O) groups excluding carboxylic acids is 1. The molecule has 2 atom stereocenters. The van der Waals surface area contributed by atoms with Crippen molar-refractivity contribution < 1.29 is 9.53 Å². The van der Waals surface area contributed by atoms with Gasteiger partial charge in [-0.15, -0.1) is 11.3 Å². The van der Waals surface area contributed by atoms with Crippen molar-refractivity contribution in [2.75, 3.05) is 39.3 Å². The number of carbonyl (C=O) groups is 1. The first-order valence-corrected chi connectivity index (χ1v) is 16.2. The zero-order valence-corrected chi connectivity index (χ0v) is 26.2. The number of hydrogen-bond donors (Lipinski definition) is 1. The third-order valence-electron chi connectivity index (χ3n) is 8.43. The van der Waals surface area contributed by atoms with Crippen LogP contribution in [0.15, 0.2) is 55.1 Å². The summed E-state index contributed by atoms with van der Waals surface area (Å²) >= 11 is 7.67. The smallest absolute Gasteiger partial charge is 0.262 e. The van der Waals surface area contributed by atoms with Gasteiger partial charge in [-0.2, -0.15) is 5.10 Å². The molecule has 3 aromatic heterocycles. The van der Waals surface area contributed by atoms with Crippen LogP contribution < -0.4 is 10.5 Å². The lowest BCUT2D eigenvalue weighted by molar-refractivity contribution is 0.0998. The number of likely N-dealkylation sites (N-methyl/N-ethyl adjacent to an activating group) is 1. The lowest BCUT2D eigenvalue weighted by atomic mass is 9.91. The van der Waals surface area contributed by atoms with E-state index in [1.54, 1.807) is 6.33 Å². The van der Waals surface area contributed by atoms with Crippen LogP contribution in [-0.4, -0.2) is 74.3 Å². The molecule has 1 aromatic carbocycles. The van der Waals surface area contributed by atoms with Crippen molar-refractivity contribution >= 4 is 34.9 Å². The maximum atomic E-state index is 12.3. The average molecular weight is 620 g/mol. The quantitative estimate of drug-likeness (QED) is 0.242. The molecule has 1 fully saturated rings. The zero-order chi connectivity index (χ0) is 29.9. The molecule has 1 aliphatic carbocycles. The number of primary amides is 1. The highest BCUT2D eigenvalue weighted by Crippen LogP contribution is 2.38. The minimum Gasteiger partial charge on any atom is -0.484 e. The number of thiophene rings is 1. The van der Waals surface area contributed by atoms with Crippen molar-refractivity contribution in [3.63, 3.8) is 0 Å². The number of nitrogens with zero attached hydrogens (tertiary/aromatic N) is 6. The highest BCUT2D eigenvalue weighted by atomic mass is 35.5. The van der Waals surface area contributed by atoms with Gasteiger partial charge in [-0.05, 0) is 44.1 Å². The second kappa shape index (κ2) is 13.1. The van der Waals surface area contributed by atoms with E-state index < -0.39 is 5.91 Å². The fourth-order valence-electron chi connectivity index (χ4n) is 5.89. The van der Waals surface area contributed by atoms with Gasteiger partial charge >= 0.3 is 0 Å². The summed E-state index contributed by atoms with van der Waals surface area (Å²) in [4.78, 5) is 22.5. The summed E-state index contributed by atoms with van der Waals surface area (Å²) in [6.45, 7) is 12.0. The molecule has 226 valence electrons. The Morgan fingerprint density at radius 1 is 1.19 bits per heavy atom. The van der Waals surface area contributed by atoms with E-state index in [4.69, 9.17) is 27.1 Å². The molecule has 0 saturated carbocycles. The standard InChI is InChI=1S/C32H38ClN7O2S/c1-3-37-13-15-38(16-14-37)11-6-12-39-20-24(19-36-39)23-9-10-28-27(17-23)35-21-40(28)30-18-29(31(43-30)32(34)41)42-22(2)25-7-4-5-8-26(25)33/h4-5,7-10,18-23H,3,6,11-17H2,1-2H3,(H2,34,41)/t22-,23?/m1/s1. The van der Waals surface area contributed by atoms with Crippen LogP contribution in [0.2, 0.25) is 5.02 Å². The summed E-state index contributed by atoms with van der Waals surface area (Å²) in [5, 5.41) is 6.08. The second-order valence-corrected chi connectivity index (χ2v) is 12.6. The van der Waals surface area contributed by atoms with Crippen LogP contribution >= 0.6 is 22.9 Å². The minimum atomic E-state index is -0.529. The van der Waals surface area contributed by atoms with Gasteiger partial charge in [0.05, 0.1) is 17.6 Å². The first-order valence-electron chi connectivity index (χ1n) is 15.0. The molecule has 2 N–H and O–H groups in total. The van der Waals surface area contributed by atoms with Gasteiger partial charge in [0.25, 0.3) is 5.91 Å². The van der Waals surface area contributed by atoms with Gasteiger partial charge in [0.1, 0.15) is 28.1 Å². The van der Waals surface area contributed by atoms with Crippen LogP contribution in [0, 0.1) is 0 Å². The number of piperazine rings is 1. The van der Waals surface area contributed by atoms with Crippen LogP contribution in [0.5, 0.6) is 5.75 Å². The Morgan fingerprint density at radius 3 is 2.74 bits per heavy atom. The number of rotatable bonds is 11. The van der Waals surface area contributed by atoms with Crippen LogP contribution in [-0.2, 0) is 13.0 Å². The Labute approximate surface area is 261 Å². The summed E-state index contributed by atoms with van der Waals surface area (Å²) in [5.41, 5.74) is 9.78. The maximum Gasteiger partial charge on any atom is 0.262 e. The van der Waals surface area contributed by atoms with Gasteiger partial charge in [0.15, 0.2) is 0 Å². The van der Waals surface area contributed by atoms with Crippen molar-refractivity contribution in [3.8, 4) is 10.8 Å². The molecule has 1 unspecified atom stereocenters. The summed E-state index contributed by atoms with van der Waals surface area (Å²) in [6, 6.07) is 9.38. The number of imidazole rings is 1. The third kappa shape index (κ3) is 6.57. The number of benzene rings is 1. The summed E-state index contributed by atoms with van der Waals surface area (Å²) in [7, 11) is 0. The monoisotopic (exact) mass is 619 g/mol. The Morgan fingerprint density at radius 2 is 1.98 bits per heavy atom. The van der Waals surface area contributed by atoms with Gasteiger partial charge < -0.3 is 20.3 Å². The summed E-state index contributed by atoms with van der Waals surface area (Å²) in [6.07, 6.45) is 11.8. The van der Waals surface area contributed by atoms with Crippen LogP contribution in [0.1, 0.15) is 64.5 Å². The largest absolute Gasteiger partial charge is 0.484 e. The van der Waals surface area contributed by atoms with Crippen molar-refractivity contribution in [2.24, 2.45) is 5.73 Å². The molecule has 9 nitrogen and oxygen atoms in total. The molecule has 1 saturated heterocycles. The van der Waals surface area contributed by atoms with Crippen molar-refractivity contribution in [1.29, 1.82) is 0 Å². The molecule has 11 heteroatoms. The Bertz CT molecular complexity index is 1600. The van der Waals surface area contributed by atoms with Gasteiger partial charge in [-0.25, -0.2) is 4.98 Å². The molecule has 0 spiro atoms. The predicted molar refractivity (Wildman–Crippen MR) is 171 cm³/mol. The first-order chi connectivity index (χ1) is 20.9. The Hall–Kier alpha value is -3.44. The van der Waals surface area contributed by atoms with Gasteiger partial charge in [-0.3, -0.25) is 14.0 Å². The lowest BCUT2D eigenvalue weighted by Crippen LogP contribution is -2.46. The summed E-state index contributed by atoms with van der Waals surface area (Å²) < 4.78 is 10.3. The topological polar surface area (TPSA) is 94.4 Å². The van der Waals surface area contributed by atoms with E-state index in [0.717, 1.165) is 67.5 Å². The zero-order valence-electron chi connectivity index (χ0n) is 24.7. The summed E-state index contributed by atoms with van der Waals surface area (Å²) in [5.74, 6) is 0.126. The molecular weight excluding hydrogens is 582 g/mol. The molecule has 0 radical (unpaired) electrons. The molecule has 4 aromatic rings. The normalized spacial score (nSPS) is 18.1. The Kier molecular flexibility index (Phi) is 8.99. The number of halogens is 1. The molecule has 4 heterocycles. The van der Waals surface area contributed by atoms with Crippen LogP contribution in [0.4, 0.5) is 0 Å². The van der Waals surface area contributed by atoms with Crippen molar-refractivity contribution in [2.45, 2.75) is 45.3 Å². The number of fused-ring (bicyclic) bond motifs is 1. The number of amides is 1. The number of aryl methyl sites for hydroxylation is 1. The molecule has 2 aliphatic rings. The van der Waals surface area contributed by atoms with E-state index >= 15 is 0 Å². The molecule has 1 aliphatic heterocycles. The van der Waals surface area contributed by atoms with Gasteiger partial charge in [0.2, 0.25) is 0 Å². The van der Waals surface area contributed by atoms with E-state index in [1.807, 2.05) is 48.0 Å². The van der Waals surface area contributed by atoms with Crippen LogP contribution in [0.3, 0.4) is 0 Å². The minimum absolute atomic E-state index is 0.214. The molecule has 0 bridgehead atoms. The van der Waals surface area contributed by atoms with E-state index in [9.17, 15) is 4.79 Å². The van der Waals surface area contributed by atoms with Crippen molar-refractivity contribution in [1.82, 2.24) is 29.1 Å². The SMILES string of the molecule is CCN1CCN(CCCn2cc(C3C=Cc4c(ncn4-c4cc(O[C@H](C)c5ccccc5Cl)c(C(N)=O)s4)C3)cn2)CC1. The second-order valence-electron chi connectivity index (χ2n) is 11.2. The molecule has 1 amide bonds. The lowest BCUT2D eigenvalue weighted by Gasteiger charge is -2.33.